The van der Waals surface area contributed by atoms with E-state index in [0.29, 0.717) is 8.45 Å². The summed E-state index contributed by atoms with van der Waals surface area (Å²) in [5.41, 5.74) is 8.26. The molecule has 0 N–H and O–H groups in total. The summed E-state index contributed by atoms with van der Waals surface area (Å²) in [6.07, 6.45) is 16.4. The summed E-state index contributed by atoms with van der Waals surface area (Å²) in [7, 11) is 0. The van der Waals surface area contributed by atoms with Crippen LogP contribution in [0.3, 0.4) is 0 Å². The predicted octanol–water partition coefficient (Wildman–Crippen LogP) is -1.02. The molecule has 0 spiro atoms. The summed E-state index contributed by atoms with van der Waals surface area (Å²) in [6, 6.07) is 17.6. The number of aromatic nitrogens is 4. The van der Waals surface area contributed by atoms with Gasteiger partial charge < -0.3 is 24.8 Å². The third kappa shape index (κ3) is 3.74. The number of halogens is 2. The van der Waals surface area contributed by atoms with Crippen molar-refractivity contribution in [3.8, 4) is 0 Å². The fourth-order valence-corrected chi connectivity index (χ4v) is 7.56. The van der Waals surface area contributed by atoms with E-state index in [4.69, 9.17) is 0 Å². The van der Waals surface area contributed by atoms with Crippen LogP contribution in [0.5, 0.6) is 0 Å². The van der Waals surface area contributed by atoms with Gasteiger partial charge in [0.15, 0.2) is 0 Å². The molecule has 2 atom stereocenters. The molecule has 0 aliphatic heterocycles. The zero-order valence-corrected chi connectivity index (χ0v) is 19.5. The summed E-state index contributed by atoms with van der Waals surface area (Å²) in [4.78, 5) is 8.60. The number of hydrogen-bond donors (Lipinski definition) is 0. The summed E-state index contributed by atoms with van der Waals surface area (Å²) < 4.78 is 5.25. The Morgan fingerprint density at radius 3 is 1.52 bits per heavy atom. The van der Waals surface area contributed by atoms with Crippen LogP contribution in [0.4, 0.5) is 0 Å². The molecule has 0 saturated heterocycles. The number of allylic oxidation sites excluding steroid dienone is 2. The van der Waals surface area contributed by atoms with Gasteiger partial charge in [-0.2, -0.15) is 0 Å². The van der Waals surface area contributed by atoms with E-state index in [1.54, 1.807) is 0 Å². The minimum absolute atomic E-state index is 0. The predicted molar refractivity (Wildman–Crippen MR) is 111 cm³/mol. The van der Waals surface area contributed by atoms with Gasteiger partial charge in [0.2, 0.25) is 0 Å². The SMILES string of the molecule is C1=C(n2ccnc2)[CH]([Ti+2][CH]2C(n3ccnc3)=Cc3ccccc32)c2ccccc21.[Cl-].[Cl-]. The van der Waals surface area contributed by atoms with E-state index >= 15 is 0 Å². The normalized spacial score (nSPS) is 18.1. The van der Waals surface area contributed by atoms with E-state index in [0.717, 1.165) is 0 Å². The third-order valence-corrected chi connectivity index (χ3v) is 8.69. The van der Waals surface area contributed by atoms with Crippen molar-refractivity contribution in [1.29, 1.82) is 0 Å². The Labute approximate surface area is 202 Å². The van der Waals surface area contributed by atoms with Gasteiger partial charge in [0.1, 0.15) is 0 Å². The molecular formula is C24H18Cl2N4Ti. The Bertz CT molecular complexity index is 1150. The molecule has 0 amide bonds. The van der Waals surface area contributed by atoms with Crippen molar-refractivity contribution in [2.45, 2.75) is 8.45 Å². The standard InChI is InChI=1S/2C12H9N2.2ClH.Ti/c2*1-2-4-11-8-12(7-10(11)3-1)14-6-5-13-9-14;;;/h2*1-9H;2*1H;/q;;;;+2/p-2. The van der Waals surface area contributed by atoms with Crippen molar-refractivity contribution in [3.63, 3.8) is 0 Å². The summed E-state index contributed by atoms with van der Waals surface area (Å²) >= 11 is -0.464. The molecule has 2 aliphatic rings. The maximum absolute atomic E-state index is 4.30. The van der Waals surface area contributed by atoms with Gasteiger partial charge >= 0.3 is 178 Å². The number of imidazole rings is 2. The van der Waals surface area contributed by atoms with E-state index in [1.165, 1.54) is 33.6 Å². The first-order valence-corrected chi connectivity index (χ1v) is 11.5. The molecule has 0 radical (unpaired) electrons. The van der Waals surface area contributed by atoms with Crippen molar-refractivity contribution < 1.29 is 44.0 Å². The number of nitrogens with zero attached hydrogens (tertiary/aromatic N) is 4. The van der Waals surface area contributed by atoms with Crippen LogP contribution in [0.25, 0.3) is 23.5 Å². The van der Waals surface area contributed by atoms with Gasteiger partial charge in [-0.05, 0) is 0 Å². The molecular weight excluding hydrogens is 463 g/mol. The van der Waals surface area contributed by atoms with E-state index < -0.39 is 19.2 Å². The minimum atomic E-state index is -0.464. The summed E-state index contributed by atoms with van der Waals surface area (Å²) in [5, 5.41) is 0. The van der Waals surface area contributed by atoms with Crippen LogP contribution in [0.2, 0.25) is 0 Å². The minimum Gasteiger partial charge on any atom is -1.00 e. The summed E-state index contributed by atoms with van der Waals surface area (Å²) in [5.74, 6) is 0. The molecule has 0 bridgehead atoms. The quantitative estimate of drug-likeness (QED) is 0.350. The smallest absolute Gasteiger partial charge is 1.00 e. The van der Waals surface area contributed by atoms with Crippen LogP contribution in [0.15, 0.2) is 86.0 Å². The molecule has 4 nitrogen and oxygen atoms in total. The molecule has 31 heavy (non-hydrogen) atoms. The van der Waals surface area contributed by atoms with Gasteiger partial charge in [0.25, 0.3) is 0 Å². The van der Waals surface area contributed by atoms with Crippen LogP contribution >= 0.6 is 0 Å². The fourth-order valence-electron chi connectivity index (χ4n) is 4.40. The molecule has 2 heterocycles. The van der Waals surface area contributed by atoms with E-state index in [1.807, 2.05) is 25.0 Å². The molecule has 2 aromatic heterocycles. The molecule has 2 aromatic carbocycles. The third-order valence-electron chi connectivity index (χ3n) is 5.75. The van der Waals surface area contributed by atoms with Crippen molar-refractivity contribution in [1.82, 2.24) is 19.1 Å². The van der Waals surface area contributed by atoms with E-state index in [9.17, 15) is 0 Å². The van der Waals surface area contributed by atoms with Crippen molar-refractivity contribution in [3.05, 3.63) is 108 Å². The Morgan fingerprint density at radius 2 is 1.10 bits per heavy atom. The van der Waals surface area contributed by atoms with Crippen LogP contribution in [-0.2, 0) is 19.2 Å². The van der Waals surface area contributed by atoms with E-state index in [2.05, 4.69) is 92.2 Å². The van der Waals surface area contributed by atoms with E-state index in [-0.39, 0.29) is 24.8 Å². The van der Waals surface area contributed by atoms with Crippen LogP contribution in [-0.4, -0.2) is 19.1 Å². The largest absolute Gasteiger partial charge is 1.00 e. The Morgan fingerprint density at radius 1 is 0.645 bits per heavy atom. The number of fused-ring (bicyclic) bond motifs is 2. The second-order valence-electron chi connectivity index (χ2n) is 7.37. The molecule has 6 rings (SSSR count). The van der Waals surface area contributed by atoms with Gasteiger partial charge in [-0.1, -0.05) is 0 Å². The molecule has 2 unspecified atom stereocenters. The van der Waals surface area contributed by atoms with Gasteiger partial charge in [0.05, 0.1) is 0 Å². The molecule has 152 valence electrons. The van der Waals surface area contributed by atoms with Crippen molar-refractivity contribution >= 4 is 23.5 Å². The Kier molecular flexibility index (Phi) is 6.35. The second-order valence-corrected chi connectivity index (χ2v) is 9.69. The molecule has 4 aromatic rings. The first-order valence-electron chi connectivity index (χ1n) is 9.72. The first kappa shape index (κ1) is 21.9. The van der Waals surface area contributed by atoms with Crippen LogP contribution in [0, 0.1) is 0 Å². The van der Waals surface area contributed by atoms with Gasteiger partial charge in [-0.3, -0.25) is 0 Å². The Balaban J connectivity index is 0.00000116. The Hall–Kier alpha value is -2.37. The van der Waals surface area contributed by atoms with Crippen LogP contribution in [0.1, 0.15) is 30.7 Å². The molecule has 2 aliphatic carbocycles. The monoisotopic (exact) mass is 480 g/mol. The molecule has 7 heteroatoms. The number of hydrogen-bond acceptors (Lipinski definition) is 2. The average Bonchev–Trinajstić information content (AvgIpc) is 3.55. The maximum Gasteiger partial charge on any atom is -1.00 e. The van der Waals surface area contributed by atoms with Crippen molar-refractivity contribution in [2.75, 3.05) is 0 Å². The fraction of sp³-hybridized carbons (Fsp3) is 0.0833. The zero-order valence-electron chi connectivity index (χ0n) is 16.4. The first-order chi connectivity index (χ1) is 14.4. The van der Waals surface area contributed by atoms with Crippen LogP contribution < -0.4 is 24.8 Å². The zero-order chi connectivity index (χ0) is 19.2. The molecule has 0 saturated carbocycles. The summed E-state index contributed by atoms with van der Waals surface area (Å²) in [6.45, 7) is 0. The topological polar surface area (TPSA) is 35.6 Å². The van der Waals surface area contributed by atoms with Gasteiger partial charge in [0, 0.05) is 0 Å². The second kappa shape index (κ2) is 9.01. The average molecular weight is 481 g/mol. The maximum atomic E-state index is 4.30. The van der Waals surface area contributed by atoms with Gasteiger partial charge in [-0.15, -0.1) is 0 Å². The molecule has 0 fully saturated rings. The number of rotatable bonds is 4. The number of benzene rings is 2. The van der Waals surface area contributed by atoms with Gasteiger partial charge in [-0.25, -0.2) is 0 Å². The van der Waals surface area contributed by atoms with Crippen molar-refractivity contribution in [2.24, 2.45) is 0 Å².